The summed E-state index contributed by atoms with van der Waals surface area (Å²) in [5, 5.41) is 39.4. The maximum absolute atomic E-state index is 10.3. The number of hydrogen-bond acceptors (Lipinski definition) is 8. The van der Waals surface area contributed by atoms with E-state index in [-0.39, 0.29) is 11.1 Å². The van der Waals surface area contributed by atoms with Crippen LogP contribution in [-0.4, -0.2) is 26.4 Å². The molecule has 0 fully saturated rings. The molecule has 0 aliphatic rings. The minimum Gasteiger partial charge on any atom is -0.494 e. The van der Waals surface area contributed by atoms with Crippen LogP contribution in [0.2, 0.25) is 0 Å². The van der Waals surface area contributed by atoms with Gasteiger partial charge in [-0.15, -0.1) is 0 Å². The Balaban J connectivity index is 1.82. The van der Waals surface area contributed by atoms with Crippen molar-refractivity contribution in [3.63, 3.8) is 0 Å². The minimum atomic E-state index is 0.213. The van der Waals surface area contributed by atoms with Crippen LogP contribution in [0, 0.1) is 80.8 Å². The Bertz CT molecular complexity index is 2580. The quantitative estimate of drug-likeness (QED) is 0.0502. The summed E-state index contributed by atoms with van der Waals surface area (Å²) in [4.78, 5) is 0. The molecule has 338 valence electrons. The summed E-state index contributed by atoms with van der Waals surface area (Å²) >= 11 is 0. The molecule has 0 bridgehead atoms. The standard InChI is InChI=1S/C58H62N4O4/c1-5-9-13-17-31-63-55-29-30-56(64-32-18-14-10-6-2)49(38-55)27-28-51-40-57(65-33-19-15-11-7-3)50(39-58(51)66-34-20-16-12-8-4)26-25-48-37-53(43-61)47(36-54(48)44-62)24-23-46-35-45(41-59)21-22-52(46)42-60/h21-22,29-30,35-40H,5-20,31-34H2,1-4H3. The Morgan fingerprint density at radius 2 is 0.712 bits per heavy atom. The topological polar surface area (TPSA) is 132 Å². The molecule has 4 aromatic carbocycles. The SMILES string of the molecule is CCCCCCOc1ccc(OCCCCCC)c(C#Cc2cc(OCCCCCC)c(C#Cc3cc(C#N)c(C#Cc4cc(C#N)ccc4C#N)cc3C#N)cc2OCCCCCC)c1. The van der Waals surface area contributed by atoms with E-state index in [1.54, 1.807) is 12.1 Å². The number of unbranched alkanes of at least 4 members (excludes halogenated alkanes) is 12. The highest BCUT2D eigenvalue weighted by atomic mass is 16.5. The van der Waals surface area contributed by atoms with Gasteiger partial charge < -0.3 is 18.9 Å². The molecule has 0 heterocycles. The predicted molar refractivity (Wildman–Crippen MR) is 261 cm³/mol. The predicted octanol–water partition coefficient (Wildman–Crippen LogP) is 13.2. The van der Waals surface area contributed by atoms with E-state index in [0.717, 1.165) is 94.8 Å². The van der Waals surface area contributed by atoms with Gasteiger partial charge in [0.2, 0.25) is 0 Å². The molecule has 0 N–H and O–H groups in total. The lowest BCUT2D eigenvalue weighted by molar-refractivity contribution is 0.295. The molecular formula is C58H62N4O4. The van der Waals surface area contributed by atoms with Crippen molar-refractivity contribution in [1.82, 2.24) is 0 Å². The van der Waals surface area contributed by atoms with E-state index < -0.39 is 0 Å². The second-order valence-corrected chi connectivity index (χ2v) is 16.0. The molecule has 0 radical (unpaired) electrons. The maximum Gasteiger partial charge on any atom is 0.136 e. The first-order valence-corrected chi connectivity index (χ1v) is 23.7. The Hall–Kier alpha value is -7.28. The van der Waals surface area contributed by atoms with Gasteiger partial charge in [0.05, 0.1) is 71.4 Å². The number of ether oxygens (including phenoxy) is 4. The van der Waals surface area contributed by atoms with Gasteiger partial charge in [-0.3, -0.25) is 0 Å². The zero-order chi connectivity index (χ0) is 47.2. The van der Waals surface area contributed by atoms with Gasteiger partial charge in [0, 0.05) is 28.8 Å². The third kappa shape index (κ3) is 17.0. The Morgan fingerprint density at radius 1 is 0.318 bits per heavy atom. The summed E-state index contributed by atoms with van der Waals surface area (Å²) in [6, 6.07) is 25.8. The van der Waals surface area contributed by atoms with Crippen molar-refractivity contribution in [3.8, 4) is 82.8 Å². The molecule has 8 heteroatoms. The van der Waals surface area contributed by atoms with E-state index in [9.17, 15) is 21.0 Å². The first-order valence-electron chi connectivity index (χ1n) is 23.7. The van der Waals surface area contributed by atoms with E-state index in [1.165, 1.54) is 37.5 Å². The maximum atomic E-state index is 10.3. The molecule has 0 unspecified atom stereocenters. The van der Waals surface area contributed by atoms with Crippen LogP contribution in [0.25, 0.3) is 0 Å². The van der Waals surface area contributed by atoms with Crippen molar-refractivity contribution < 1.29 is 18.9 Å². The molecule has 0 atom stereocenters. The summed E-state index contributed by atoms with van der Waals surface area (Å²) < 4.78 is 25.4. The molecule has 4 rings (SSSR count). The lowest BCUT2D eigenvalue weighted by atomic mass is 9.98. The van der Waals surface area contributed by atoms with Crippen molar-refractivity contribution in [2.75, 3.05) is 26.4 Å². The van der Waals surface area contributed by atoms with E-state index in [0.29, 0.717) is 82.6 Å². The van der Waals surface area contributed by atoms with Gasteiger partial charge in [0.1, 0.15) is 41.2 Å². The fourth-order valence-corrected chi connectivity index (χ4v) is 6.88. The Kier molecular flexibility index (Phi) is 23.3. The molecule has 0 spiro atoms. The summed E-state index contributed by atoms with van der Waals surface area (Å²) in [6.07, 6.45) is 17.1. The Morgan fingerprint density at radius 3 is 1.14 bits per heavy atom. The van der Waals surface area contributed by atoms with Crippen LogP contribution >= 0.6 is 0 Å². The first kappa shape index (κ1) is 51.4. The van der Waals surface area contributed by atoms with Gasteiger partial charge in [-0.25, -0.2) is 0 Å². The molecule has 66 heavy (non-hydrogen) atoms. The largest absolute Gasteiger partial charge is 0.494 e. The fourth-order valence-electron chi connectivity index (χ4n) is 6.88. The van der Waals surface area contributed by atoms with Gasteiger partial charge in [-0.05, 0) is 74.2 Å². The summed E-state index contributed by atoms with van der Waals surface area (Å²) in [5.74, 6) is 21.6. The summed E-state index contributed by atoms with van der Waals surface area (Å²) in [6.45, 7) is 11.0. The first-order chi connectivity index (χ1) is 32.4. The van der Waals surface area contributed by atoms with Gasteiger partial charge in [-0.2, -0.15) is 21.0 Å². The third-order valence-electron chi connectivity index (χ3n) is 10.7. The summed E-state index contributed by atoms with van der Waals surface area (Å²) in [5.41, 5.74) is 4.02. The molecule has 8 nitrogen and oxygen atoms in total. The lowest BCUT2D eigenvalue weighted by Gasteiger charge is -2.14. The molecule has 0 aromatic heterocycles. The van der Waals surface area contributed by atoms with Crippen LogP contribution in [0.5, 0.6) is 23.0 Å². The molecule has 0 saturated carbocycles. The van der Waals surface area contributed by atoms with Crippen molar-refractivity contribution in [1.29, 1.82) is 21.0 Å². The van der Waals surface area contributed by atoms with Gasteiger partial charge in [-0.1, -0.05) is 140 Å². The summed E-state index contributed by atoms with van der Waals surface area (Å²) in [7, 11) is 0. The van der Waals surface area contributed by atoms with E-state index in [4.69, 9.17) is 18.9 Å². The van der Waals surface area contributed by atoms with Crippen LogP contribution < -0.4 is 18.9 Å². The van der Waals surface area contributed by atoms with Crippen molar-refractivity contribution in [3.05, 3.63) is 116 Å². The molecule has 0 amide bonds. The second-order valence-electron chi connectivity index (χ2n) is 16.0. The number of nitrogens with zero attached hydrogens (tertiary/aromatic N) is 4. The number of rotatable bonds is 24. The Labute approximate surface area is 394 Å². The average molecular weight is 879 g/mol. The van der Waals surface area contributed by atoms with Crippen molar-refractivity contribution in [2.45, 2.75) is 130 Å². The van der Waals surface area contributed by atoms with Gasteiger partial charge in [0.25, 0.3) is 0 Å². The third-order valence-corrected chi connectivity index (χ3v) is 10.7. The average Bonchev–Trinajstić information content (AvgIpc) is 3.34. The molecule has 0 saturated heterocycles. The highest BCUT2D eigenvalue weighted by Gasteiger charge is 2.14. The normalized spacial score (nSPS) is 10.0. The van der Waals surface area contributed by atoms with Crippen LogP contribution in [0.3, 0.4) is 0 Å². The fraction of sp³-hybridized carbons (Fsp3) is 0.414. The van der Waals surface area contributed by atoms with E-state index in [1.807, 2.05) is 30.3 Å². The smallest absolute Gasteiger partial charge is 0.136 e. The van der Waals surface area contributed by atoms with Crippen LogP contribution in [0.4, 0.5) is 0 Å². The number of hydrogen-bond donors (Lipinski definition) is 0. The second kappa shape index (κ2) is 30.0. The van der Waals surface area contributed by atoms with Gasteiger partial charge >= 0.3 is 0 Å². The zero-order valence-corrected chi connectivity index (χ0v) is 39.3. The van der Waals surface area contributed by atoms with Gasteiger partial charge in [0.15, 0.2) is 0 Å². The monoisotopic (exact) mass is 878 g/mol. The molecular weight excluding hydrogens is 817 g/mol. The van der Waals surface area contributed by atoms with E-state index in [2.05, 4.69) is 87.5 Å². The van der Waals surface area contributed by atoms with E-state index >= 15 is 0 Å². The van der Waals surface area contributed by atoms with Crippen LogP contribution in [-0.2, 0) is 0 Å². The van der Waals surface area contributed by atoms with Crippen LogP contribution in [0.15, 0.2) is 60.7 Å². The minimum absolute atomic E-state index is 0.213. The van der Waals surface area contributed by atoms with Crippen LogP contribution in [0.1, 0.15) is 186 Å². The molecule has 0 aliphatic heterocycles. The van der Waals surface area contributed by atoms with Crippen molar-refractivity contribution >= 4 is 0 Å². The molecule has 0 aliphatic carbocycles. The molecule has 4 aromatic rings. The number of nitriles is 4. The highest BCUT2D eigenvalue weighted by Crippen LogP contribution is 2.31. The van der Waals surface area contributed by atoms with Crippen molar-refractivity contribution in [2.24, 2.45) is 0 Å². The lowest BCUT2D eigenvalue weighted by Crippen LogP contribution is -2.04. The zero-order valence-electron chi connectivity index (χ0n) is 39.3. The number of benzene rings is 4. The highest BCUT2D eigenvalue weighted by molar-refractivity contribution is 5.65.